The number of amides is 1. The summed E-state index contributed by atoms with van der Waals surface area (Å²) in [5.41, 5.74) is 0.353. The highest BCUT2D eigenvalue weighted by molar-refractivity contribution is 7.90. The number of rotatable bonds is 8. The largest absolute Gasteiger partial charge is 0.489 e. The molecular weight excluding hydrogens is 376 g/mol. The first-order valence-electron chi connectivity index (χ1n) is 8.99. The summed E-state index contributed by atoms with van der Waals surface area (Å²) in [6, 6.07) is 14.1. The molecule has 0 spiro atoms. The van der Waals surface area contributed by atoms with E-state index in [-0.39, 0.29) is 17.4 Å². The highest BCUT2D eigenvalue weighted by Gasteiger charge is 2.55. The van der Waals surface area contributed by atoms with Gasteiger partial charge in [0.15, 0.2) is 0 Å². The maximum Gasteiger partial charge on any atom is 0.266 e. The number of benzene rings is 2. The summed E-state index contributed by atoms with van der Waals surface area (Å²) in [6.45, 7) is 5.62. The lowest BCUT2D eigenvalue weighted by molar-refractivity contribution is -0.124. The zero-order chi connectivity index (χ0) is 20.4. The van der Waals surface area contributed by atoms with Gasteiger partial charge >= 0.3 is 0 Å². The fourth-order valence-corrected chi connectivity index (χ4v) is 4.53. The molecule has 28 heavy (non-hydrogen) atoms. The topological polar surface area (TPSA) is 84.5 Å². The van der Waals surface area contributed by atoms with Gasteiger partial charge in [0.2, 0.25) is 5.91 Å². The van der Waals surface area contributed by atoms with Crippen LogP contribution in [0.4, 0.5) is 5.69 Å². The summed E-state index contributed by atoms with van der Waals surface area (Å²) in [5, 5.41) is 2.93. The lowest BCUT2D eigenvalue weighted by Gasteiger charge is -2.17. The van der Waals surface area contributed by atoms with Crippen molar-refractivity contribution in [1.29, 1.82) is 0 Å². The van der Waals surface area contributed by atoms with Crippen LogP contribution in [0.15, 0.2) is 66.1 Å². The van der Waals surface area contributed by atoms with E-state index >= 15 is 0 Å². The third-order valence-electron chi connectivity index (χ3n) is 5.12. The van der Waals surface area contributed by atoms with E-state index in [0.717, 1.165) is 0 Å². The third-order valence-corrected chi connectivity index (χ3v) is 6.50. The number of nitrogens with one attached hydrogen (secondary N) is 2. The Balaban J connectivity index is 1.82. The lowest BCUT2D eigenvalue weighted by Crippen LogP contribution is -2.36. The van der Waals surface area contributed by atoms with Gasteiger partial charge in [0.1, 0.15) is 17.3 Å². The maximum absolute atomic E-state index is 12.9. The summed E-state index contributed by atoms with van der Waals surface area (Å²) in [4.78, 5) is 12.5. The third kappa shape index (κ3) is 3.89. The van der Waals surface area contributed by atoms with Crippen LogP contribution in [-0.4, -0.2) is 21.4 Å². The van der Waals surface area contributed by atoms with Crippen molar-refractivity contribution in [3.8, 4) is 5.75 Å². The number of hydrogen-bond donors (Lipinski definition) is 2. The molecule has 148 valence electrons. The van der Waals surface area contributed by atoms with Crippen LogP contribution in [-0.2, 0) is 21.4 Å². The highest BCUT2D eigenvalue weighted by atomic mass is 32.2. The summed E-state index contributed by atoms with van der Waals surface area (Å²) < 4.78 is 33.7. The van der Waals surface area contributed by atoms with Gasteiger partial charge in [-0.25, -0.2) is 13.1 Å². The van der Waals surface area contributed by atoms with Crippen molar-refractivity contribution in [1.82, 2.24) is 4.72 Å². The van der Waals surface area contributed by atoms with E-state index in [1.165, 1.54) is 6.07 Å². The van der Waals surface area contributed by atoms with E-state index in [0.29, 0.717) is 23.4 Å². The standard InChI is InChI=1S/C21H24N2O4S/c1-4-16-13-21(16,2)20(24)23-28(25,26)18-12-8-9-15(19(18)22-3)14-27-17-10-6-5-7-11-17/h4-12,16,22H,1,13-14H2,2-3H3,(H,23,24)/t16-,21+/m1/s1. The Morgan fingerprint density at radius 1 is 1.25 bits per heavy atom. The number of sulfonamides is 1. The summed E-state index contributed by atoms with van der Waals surface area (Å²) in [7, 11) is -2.40. The molecule has 0 unspecified atom stereocenters. The second-order valence-electron chi connectivity index (χ2n) is 7.04. The van der Waals surface area contributed by atoms with Crippen molar-refractivity contribution in [2.75, 3.05) is 12.4 Å². The highest BCUT2D eigenvalue weighted by Crippen LogP contribution is 2.53. The summed E-state index contributed by atoms with van der Waals surface area (Å²) >= 11 is 0. The molecule has 2 aromatic rings. The number of anilines is 1. The van der Waals surface area contributed by atoms with Gasteiger partial charge in [-0.3, -0.25) is 4.79 Å². The number of para-hydroxylation sites is 2. The van der Waals surface area contributed by atoms with Gasteiger partial charge in [0.25, 0.3) is 10.0 Å². The number of ether oxygens (including phenoxy) is 1. The average Bonchev–Trinajstić information content (AvgIpc) is 3.38. The van der Waals surface area contributed by atoms with E-state index in [1.54, 1.807) is 32.2 Å². The first-order valence-corrected chi connectivity index (χ1v) is 10.5. The second-order valence-corrected chi connectivity index (χ2v) is 8.69. The number of allylic oxidation sites excluding steroid dienone is 1. The summed E-state index contributed by atoms with van der Waals surface area (Å²) in [5.74, 6) is 0.172. The predicted octanol–water partition coefficient (Wildman–Crippen LogP) is 3.32. The molecule has 2 N–H and O–H groups in total. The zero-order valence-corrected chi connectivity index (χ0v) is 16.8. The van der Waals surface area contributed by atoms with Crippen molar-refractivity contribution >= 4 is 21.6 Å². The van der Waals surface area contributed by atoms with E-state index in [2.05, 4.69) is 16.6 Å². The maximum atomic E-state index is 12.9. The Morgan fingerprint density at radius 2 is 1.96 bits per heavy atom. The molecule has 1 aliphatic rings. The number of carbonyl (C=O) groups excluding carboxylic acids is 1. The Hall–Kier alpha value is -2.80. The normalized spacial score (nSPS) is 20.9. The molecule has 6 nitrogen and oxygen atoms in total. The molecule has 7 heteroatoms. The van der Waals surface area contributed by atoms with Crippen LogP contribution >= 0.6 is 0 Å². The minimum atomic E-state index is -4.03. The molecular formula is C21H24N2O4S. The number of hydrogen-bond acceptors (Lipinski definition) is 5. The average molecular weight is 401 g/mol. The van der Waals surface area contributed by atoms with E-state index < -0.39 is 21.3 Å². The zero-order valence-electron chi connectivity index (χ0n) is 15.9. The van der Waals surface area contributed by atoms with Crippen molar-refractivity contribution in [2.24, 2.45) is 11.3 Å². The van der Waals surface area contributed by atoms with Crippen LogP contribution in [0.3, 0.4) is 0 Å². The lowest BCUT2D eigenvalue weighted by atomic mass is 10.1. The summed E-state index contributed by atoms with van der Waals surface area (Å²) in [6.07, 6.45) is 2.29. The fourth-order valence-electron chi connectivity index (χ4n) is 3.18. The fraction of sp³-hybridized carbons (Fsp3) is 0.286. The molecule has 2 aromatic carbocycles. The van der Waals surface area contributed by atoms with Gasteiger partial charge in [-0.1, -0.05) is 43.3 Å². The molecule has 2 atom stereocenters. The van der Waals surface area contributed by atoms with E-state index in [4.69, 9.17) is 4.74 Å². The van der Waals surface area contributed by atoms with Crippen LogP contribution < -0.4 is 14.8 Å². The molecule has 0 saturated heterocycles. The van der Waals surface area contributed by atoms with Gasteiger partial charge in [0.05, 0.1) is 11.1 Å². The van der Waals surface area contributed by atoms with E-state index in [9.17, 15) is 13.2 Å². The molecule has 0 aliphatic heterocycles. The first kappa shape index (κ1) is 19.9. The van der Waals surface area contributed by atoms with Gasteiger partial charge in [-0.05, 0) is 30.5 Å². The van der Waals surface area contributed by atoms with Crippen LogP contribution in [0.2, 0.25) is 0 Å². The second kappa shape index (κ2) is 7.67. The molecule has 1 saturated carbocycles. The Labute approximate surface area is 165 Å². The molecule has 0 aromatic heterocycles. The predicted molar refractivity (Wildman–Crippen MR) is 109 cm³/mol. The van der Waals surface area contributed by atoms with Crippen molar-refractivity contribution in [3.63, 3.8) is 0 Å². The molecule has 1 aliphatic carbocycles. The molecule has 1 amide bonds. The smallest absolute Gasteiger partial charge is 0.266 e. The van der Waals surface area contributed by atoms with Crippen LogP contribution in [0.1, 0.15) is 18.9 Å². The van der Waals surface area contributed by atoms with Crippen LogP contribution in [0, 0.1) is 11.3 Å². The minimum absolute atomic E-state index is 0.00271. The van der Waals surface area contributed by atoms with Crippen molar-refractivity contribution in [3.05, 3.63) is 66.7 Å². The van der Waals surface area contributed by atoms with Crippen LogP contribution in [0.25, 0.3) is 0 Å². The molecule has 0 bridgehead atoms. The Morgan fingerprint density at radius 3 is 2.57 bits per heavy atom. The van der Waals surface area contributed by atoms with Gasteiger partial charge in [-0.2, -0.15) is 0 Å². The number of carbonyl (C=O) groups is 1. The Kier molecular flexibility index (Phi) is 5.47. The molecule has 1 fully saturated rings. The molecule has 3 rings (SSSR count). The van der Waals surface area contributed by atoms with Gasteiger partial charge in [0, 0.05) is 12.6 Å². The minimum Gasteiger partial charge on any atom is -0.489 e. The SMILES string of the molecule is C=C[C@@H]1C[C@]1(C)C(=O)NS(=O)(=O)c1cccc(COc2ccccc2)c1NC. The quantitative estimate of drug-likeness (QED) is 0.664. The van der Waals surface area contributed by atoms with Gasteiger partial charge < -0.3 is 10.1 Å². The Bertz CT molecular complexity index is 989. The monoisotopic (exact) mass is 400 g/mol. The first-order chi connectivity index (χ1) is 13.3. The van der Waals surface area contributed by atoms with E-state index in [1.807, 2.05) is 30.3 Å². The van der Waals surface area contributed by atoms with Crippen molar-refractivity contribution in [2.45, 2.75) is 24.8 Å². The van der Waals surface area contributed by atoms with Crippen LogP contribution in [0.5, 0.6) is 5.75 Å². The molecule has 0 heterocycles. The van der Waals surface area contributed by atoms with Crippen molar-refractivity contribution < 1.29 is 17.9 Å². The molecule has 0 radical (unpaired) electrons. The van der Waals surface area contributed by atoms with Gasteiger partial charge in [-0.15, -0.1) is 6.58 Å².